The van der Waals surface area contributed by atoms with E-state index in [-0.39, 0.29) is 24.0 Å². The molecule has 0 bridgehead atoms. The van der Waals surface area contributed by atoms with Gasteiger partial charge in [0.15, 0.2) is 5.65 Å². The van der Waals surface area contributed by atoms with Crippen LogP contribution in [0.25, 0.3) is 5.65 Å². The average molecular weight is 338 g/mol. The number of aliphatic hydroxyl groups is 1. The molecule has 1 atom stereocenters. The smallest absolute Gasteiger partial charge is 0.253 e. The van der Waals surface area contributed by atoms with Crippen LogP contribution in [0.15, 0.2) is 42.7 Å². The van der Waals surface area contributed by atoms with E-state index in [4.69, 9.17) is 0 Å². The summed E-state index contributed by atoms with van der Waals surface area (Å²) in [7, 11) is 0. The van der Waals surface area contributed by atoms with Crippen molar-refractivity contribution in [2.24, 2.45) is 5.92 Å². The predicted octanol–water partition coefficient (Wildman–Crippen LogP) is 0.631. The summed E-state index contributed by atoms with van der Waals surface area (Å²) in [6, 6.07) is 9.08. The first-order valence-electron chi connectivity index (χ1n) is 8.25. The zero-order chi connectivity index (χ0) is 17.2. The van der Waals surface area contributed by atoms with E-state index in [0.717, 1.165) is 5.69 Å². The lowest BCUT2D eigenvalue weighted by molar-refractivity contribution is 0.0237. The van der Waals surface area contributed by atoms with Gasteiger partial charge < -0.3 is 10.4 Å². The van der Waals surface area contributed by atoms with Crippen LogP contribution < -0.4 is 5.32 Å². The first kappa shape index (κ1) is 15.6. The molecule has 128 valence electrons. The maximum atomic E-state index is 12.7. The second kappa shape index (κ2) is 6.56. The number of nitrogens with one attached hydrogen (secondary N) is 1. The number of tetrazole rings is 1. The van der Waals surface area contributed by atoms with Crippen LogP contribution in [0.4, 0.5) is 0 Å². The van der Waals surface area contributed by atoms with Crippen LogP contribution in [0.3, 0.4) is 0 Å². The van der Waals surface area contributed by atoms with Gasteiger partial charge in [0, 0.05) is 30.6 Å². The van der Waals surface area contributed by atoms with Crippen LogP contribution in [0, 0.1) is 5.92 Å². The molecular formula is C17H18N6O2. The highest BCUT2D eigenvalue weighted by molar-refractivity contribution is 5.94. The van der Waals surface area contributed by atoms with Gasteiger partial charge in [-0.25, -0.2) is 0 Å². The topological polar surface area (TPSA) is 105 Å². The van der Waals surface area contributed by atoms with Crippen LogP contribution in [-0.4, -0.2) is 48.2 Å². The van der Waals surface area contributed by atoms with Crippen LogP contribution in [-0.2, 0) is 6.42 Å². The van der Waals surface area contributed by atoms with E-state index in [1.165, 1.54) is 4.52 Å². The third-order valence-corrected chi connectivity index (χ3v) is 4.64. The molecule has 0 saturated heterocycles. The van der Waals surface area contributed by atoms with Gasteiger partial charge in [-0.3, -0.25) is 9.78 Å². The standard InChI is InChI=1S/C17H18N6O2/c24-14-7-12(8-14)15(9-13-3-1-2-6-18-13)19-17(25)11-4-5-16-20-21-22-23(16)10-11/h1-6,10,12,14-15,24H,7-9H2,(H,19,25). The summed E-state index contributed by atoms with van der Waals surface area (Å²) in [5.74, 6) is 0.0671. The average Bonchev–Trinajstić information content (AvgIpc) is 3.07. The molecule has 1 saturated carbocycles. The molecular weight excluding hydrogens is 320 g/mol. The third-order valence-electron chi connectivity index (χ3n) is 4.64. The van der Waals surface area contributed by atoms with Gasteiger partial charge in [0.1, 0.15) is 0 Å². The number of carbonyl (C=O) groups is 1. The molecule has 3 heterocycles. The van der Waals surface area contributed by atoms with Crippen molar-refractivity contribution in [3.05, 3.63) is 54.0 Å². The van der Waals surface area contributed by atoms with Gasteiger partial charge in [0.25, 0.3) is 5.91 Å². The van der Waals surface area contributed by atoms with Crippen molar-refractivity contribution in [2.75, 3.05) is 0 Å². The minimum atomic E-state index is -0.272. The van der Waals surface area contributed by atoms with Crippen molar-refractivity contribution >= 4 is 11.6 Å². The first-order chi connectivity index (χ1) is 12.2. The first-order valence-corrected chi connectivity index (χ1v) is 8.25. The van der Waals surface area contributed by atoms with E-state index >= 15 is 0 Å². The van der Waals surface area contributed by atoms with E-state index in [0.29, 0.717) is 30.5 Å². The molecule has 1 unspecified atom stereocenters. The van der Waals surface area contributed by atoms with Crippen molar-refractivity contribution in [1.29, 1.82) is 0 Å². The Bertz CT molecular complexity index is 875. The summed E-state index contributed by atoms with van der Waals surface area (Å²) in [5, 5.41) is 23.9. The number of carbonyl (C=O) groups excluding carboxylic acids is 1. The Morgan fingerprint density at radius 2 is 2.20 bits per heavy atom. The Hall–Kier alpha value is -2.87. The lowest BCUT2D eigenvalue weighted by atomic mass is 9.76. The van der Waals surface area contributed by atoms with Gasteiger partial charge in [-0.1, -0.05) is 6.07 Å². The Kier molecular flexibility index (Phi) is 4.10. The molecule has 8 heteroatoms. The molecule has 3 aromatic rings. The highest BCUT2D eigenvalue weighted by Crippen LogP contribution is 2.31. The molecule has 2 N–H and O–H groups in total. The Labute approximate surface area is 143 Å². The SMILES string of the molecule is O=C(NC(Cc1ccccn1)C1CC(O)C1)c1ccc2nnnn2c1. The van der Waals surface area contributed by atoms with Gasteiger partial charge in [-0.05, 0) is 53.5 Å². The number of fused-ring (bicyclic) bond motifs is 1. The molecule has 0 radical (unpaired) electrons. The second-order valence-electron chi connectivity index (χ2n) is 6.39. The highest BCUT2D eigenvalue weighted by Gasteiger charge is 2.35. The maximum Gasteiger partial charge on any atom is 0.253 e. The molecule has 1 aliphatic rings. The van der Waals surface area contributed by atoms with Gasteiger partial charge in [-0.15, -0.1) is 5.10 Å². The highest BCUT2D eigenvalue weighted by atomic mass is 16.3. The quantitative estimate of drug-likeness (QED) is 0.707. The van der Waals surface area contributed by atoms with Gasteiger partial charge in [0.2, 0.25) is 0 Å². The summed E-state index contributed by atoms with van der Waals surface area (Å²) in [6.07, 6.45) is 5.11. The van der Waals surface area contributed by atoms with Gasteiger partial charge >= 0.3 is 0 Å². The number of hydrogen-bond acceptors (Lipinski definition) is 6. The summed E-state index contributed by atoms with van der Waals surface area (Å²) in [6.45, 7) is 0. The van der Waals surface area contributed by atoms with Gasteiger partial charge in [-0.2, -0.15) is 4.52 Å². The number of rotatable bonds is 5. The summed E-state index contributed by atoms with van der Waals surface area (Å²) >= 11 is 0. The fourth-order valence-electron chi connectivity index (χ4n) is 3.17. The minimum Gasteiger partial charge on any atom is -0.393 e. The maximum absolute atomic E-state index is 12.7. The van der Waals surface area contributed by atoms with Crippen molar-refractivity contribution in [1.82, 2.24) is 30.3 Å². The van der Waals surface area contributed by atoms with Crippen LogP contribution in [0.5, 0.6) is 0 Å². The number of nitrogens with zero attached hydrogens (tertiary/aromatic N) is 5. The molecule has 1 aliphatic carbocycles. The van der Waals surface area contributed by atoms with E-state index in [2.05, 4.69) is 25.8 Å². The lowest BCUT2D eigenvalue weighted by Crippen LogP contribution is -2.48. The fourth-order valence-corrected chi connectivity index (χ4v) is 3.17. The lowest BCUT2D eigenvalue weighted by Gasteiger charge is -2.38. The molecule has 3 aromatic heterocycles. The largest absolute Gasteiger partial charge is 0.393 e. The molecule has 0 spiro atoms. The van der Waals surface area contributed by atoms with Crippen molar-refractivity contribution < 1.29 is 9.90 Å². The summed E-state index contributed by atoms with van der Waals surface area (Å²) in [5.41, 5.74) is 2.00. The monoisotopic (exact) mass is 338 g/mol. The molecule has 1 fully saturated rings. The Morgan fingerprint density at radius 3 is 2.96 bits per heavy atom. The summed E-state index contributed by atoms with van der Waals surface area (Å²) in [4.78, 5) is 17.0. The molecule has 8 nitrogen and oxygen atoms in total. The normalized spacial score (nSPS) is 20.8. The Balaban J connectivity index is 1.51. The molecule has 0 aliphatic heterocycles. The number of aromatic nitrogens is 5. The van der Waals surface area contributed by atoms with E-state index in [1.807, 2.05) is 18.2 Å². The molecule has 0 aromatic carbocycles. The van der Waals surface area contributed by atoms with Crippen LogP contribution >= 0.6 is 0 Å². The number of aliphatic hydroxyl groups excluding tert-OH is 1. The van der Waals surface area contributed by atoms with Crippen molar-refractivity contribution in [3.8, 4) is 0 Å². The fraction of sp³-hybridized carbons (Fsp3) is 0.353. The van der Waals surface area contributed by atoms with E-state index in [9.17, 15) is 9.90 Å². The number of amides is 1. The van der Waals surface area contributed by atoms with Gasteiger partial charge in [0.05, 0.1) is 11.7 Å². The molecule has 1 amide bonds. The zero-order valence-corrected chi connectivity index (χ0v) is 13.5. The van der Waals surface area contributed by atoms with E-state index < -0.39 is 0 Å². The molecule has 4 rings (SSSR count). The molecule has 25 heavy (non-hydrogen) atoms. The predicted molar refractivity (Wildman–Crippen MR) is 88.7 cm³/mol. The van der Waals surface area contributed by atoms with Crippen molar-refractivity contribution in [2.45, 2.75) is 31.4 Å². The number of hydrogen-bond donors (Lipinski definition) is 2. The summed E-state index contributed by atoms with van der Waals surface area (Å²) < 4.78 is 1.47. The van der Waals surface area contributed by atoms with Crippen LogP contribution in [0.1, 0.15) is 28.9 Å². The van der Waals surface area contributed by atoms with Crippen LogP contribution in [0.2, 0.25) is 0 Å². The number of pyridine rings is 2. The van der Waals surface area contributed by atoms with E-state index in [1.54, 1.807) is 24.5 Å². The third kappa shape index (κ3) is 3.34. The van der Waals surface area contributed by atoms with Crippen molar-refractivity contribution in [3.63, 3.8) is 0 Å². The minimum absolute atomic E-state index is 0.0737. The zero-order valence-electron chi connectivity index (χ0n) is 13.5. The second-order valence-corrected chi connectivity index (χ2v) is 6.39. The Morgan fingerprint density at radius 1 is 1.32 bits per heavy atom.